The first-order valence-corrected chi connectivity index (χ1v) is 14.2. The highest BCUT2D eigenvalue weighted by atomic mass is 32.1. The van der Waals surface area contributed by atoms with Gasteiger partial charge in [0.2, 0.25) is 0 Å². The molecule has 0 aliphatic rings. The lowest BCUT2D eigenvalue weighted by Gasteiger charge is -2.09. The molecule has 13 heteroatoms. The van der Waals surface area contributed by atoms with Crippen molar-refractivity contribution in [2.45, 2.75) is 0 Å². The van der Waals surface area contributed by atoms with Crippen molar-refractivity contribution in [3.63, 3.8) is 0 Å². The predicted molar refractivity (Wildman–Crippen MR) is 147 cm³/mol. The zero-order valence-corrected chi connectivity index (χ0v) is 24.1. The largest absolute Gasteiger partial charge is 0.378 e. The van der Waals surface area contributed by atoms with Gasteiger partial charge in [-0.3, -0.25) is 0 Å². The van der Waals surface area contributed by atoms with Crippen LogP contribution in [0.3, 0.4) is 0 Å². The maximum Gasteiger partial charge on any atom is 0.0701 e. The second-order valence-electron chi connectivity index (χ2n) is 7.18. The molecule has 0 rings (SSSR count). The molecule has 0 radical (unpaired) electrons. The summed E-state index contributed by atoms with van der Waals surface area (Å²) in [5.41, 5.74) is 0. The summed E-state index contributed by atoms with van der Waals surface area (Å²) >= 11 is 8.12. The normalized spacial score (nSPS) is 11.5. The summed E-state index contributed by atoms with van der Waals surface area (Å²) in [4.78, 5) is 0. The molecule has 0 unspecified atom stereocenters. The summed E-state index contributed by atoms with van der Waals surface area (Å²) in [6, 6.07) is 0. The van der Waals surface area contributed by atoms with Crippen molar-refractivity contribution in [2.24, 2.45) is 0 Å². The number of ether oxygens (including phenoxy) is 11. The van der Waals surface area contributed by atoms with E-state index in [1.54, 1.807) is 0 Å². The highest BCUT2D eigenvalue weighted by molar-refractivity contribution is 7.80. The van der Waals surface area contributed by atoms with Crippen LogP contribution in [-0.4, -0.2) is 157 Å². The van der Waals surface area contributed by atoms with E-state index in [4.69, 9.17) is 52.1 Å². The third-order valence-electron chi connectivity index (χ3n) is 4.19. The van der Waals surface area contributed by atoms with Gasteiger partial charge in [0.1, 0.15) is 0 Å². The van der Waals surface area contributed by atoms with Crippen LogP contribution in [-0.2, 0) is 52.1 Å². The average molecular weight is 579 g/mol. The van der Waals surface area contributed by atoms with Crippen molar-refractivity contribution in [3.05, 3.63) is 0 Å². The van der Waals surface area contributed by atoms with Gasteiger partial charge in [-0.1, -0.05) is 0 Å². The van der Waals surface area contributed by atoms with Gasteiger partial charge < -0.3 is 52.1 Å². The Labute approximate surface area is 234 Å². The maximum atomic E-state index is 5.45. The lowest BCUT2D eigenvalue weighted by molar-refractivity contribution is -0.0272. The smallest absolute Gasteiger partial charge is 0.0701 e. The molecule has 0 spiro atoms. The van der Waals surface area contributed by atoms with Crippen LogP contribution in [0.5, 0.6) is 0 Å². The minimum Gasteiger partial charge on any atom is -0.378 e. The summed E-state index contributed by atoms with van der Waals surface area (Å²) in [6.45, 7) is 12.1. The molecule has 224 valence electrons. The molecule has 0 N–H and O–H groups in total. The van der Waals surface area contributed by atoms with Crippen LogP contribution in [0.1, 0.15) is 0 Å². The first-order chi connectivity index (χ1) is 18.4. The van der Waals surface area contributed by atoms with Crippen molar-refractivity contribution in [1.82, 2.24) is 0 Å². The monoisotopic (exact) mass is 578 g/mol. The summed E-state index contributed by atoms with van der Waals surface area (Å²) in [5, 5.41) is 0. The number of thiol groups is 2. The zero-order chi connectivity index (χ0) is 26.7. The van der Waals surface area contributed by atoms with Crippen LogP contribution in [0.15, 0.2) is 0 Å². The van der Waals surface area contributed by atoms with Crippen LogP contribution in [0.25, 0.3) is 0 Å². The maximum absolute atomic E-state index is 5.45. The van der Waals surface area contributed by atoms with E-state index in [9.17, 15) is 0 Å². The van der Waals surface area contributed by atoms with Gasteiger partial charge in [0.15, 0.2) is 0 Å². The molecule has 0 aliphatic carbocycles. The zero-order valence-electron chi connectivity index (χ0n) is 22.4. The molecule has 0 fully saturated rings. The molecule has 0 aromatic rings. The fourth-order valence-corrected chi connectivity index (χ4v) is 2.69. The second kappa shape index (κ2) is 36.3. The van der Waals surface area contributed by atoms with Crippen LogP contribution in [0.2, 0.25) is 0 Å². The SMILES string of the molecule is SCCOCCOCCOCCOCCOCCOCCOCCOCCOCCOCCOCCS. The van der Waals surface area contributed by atoms with Crippen molar-refractivity contribution in [1.29, 1.82) is 0 Å². The van der Waals surface area contributed by atoms with Crippen LogP contribution < -0.4 is 0 Å². The molecular weight excluding hydrogens is 528 g/mol. The van der Waals surface area contributed by atoms with E-state index in [0.717, 1.165) is 11.5 Å². The van der Waals surface area contributed by atoms with Gasteiger partial charge in [-0.05, 0) is 0 Å². The highest BCUT2D eigenvalue weighted by Gasteiger charge is 1.96. The summed E-state index contributed by atoms with van der Waals surface area (Å²) in [7, 11) is 0. The van der Waals surface area contributed by atoms with Gasteiger partial charge >= 0.3 is 0 Å². The molecule has 0 heterocycles. The Morgan fingerprint density at radius 1 is 0.189 bits per heavy atom. The Balaban J connectivity index is 3.00. The Bertz CT molecular complexity index is 368. The third-order valence-corrected chi connectivity index (χ3v) is 4.56. The molecule has 11 nitrogen and oxygen atoms in total. The average Bonchev–Trinajstić information content (AvgIpc) is 2.91. The molecule has 0 aromatic heterocycles. The molecule has 0 bridgehead atoms. The number of rotatable bonds is 34. The lowest BCUT2D eigenvalue weighted by atomic mass is 10.6. The molecular formula is C24H50O11S2. The van der Waals surface area contributed by atoms with E-state index in [1.807, 2.05) is 0 Å². The number of hydrogen-bond acceptors (Lipinski definition) is 13. The Kier molecular flexibility index (Phi) is 36.5. The van der Waals surface area contributed by atoms with Gasteiger partial charge in [0, 0.05) is 11.5 Å². The first-order valence-electron chi connectivity index (χ1n) is 13.0. The van der Waals surface area contributed by atoms with E-state index >= 15 is 0 Å². The van der Waals surface area contributed by atoms with Crippen LogP contribution in [0.4, 0.5) is 0 Å². The van der Waals surface area contributed by atoms with E-state index in [2.05, 4.69) is 25.3 Å². The molecule has 0 saturated carbocycles. The fourth-order valence-electron chi connectivity index (χ4n) is 2.43. The fraction of sp³-hybridized carbons (Fsp3) is 1.00. The van der Waals surface area contributed by atoms with Crippen molar-refractivity contribution >= 4 is 25.3 Å². The molecule has 0 aromatic carbocycles. The van der Waals surface area contributed by atoms with Crippen molar-refractivity contribution in [3.8, 4) is 0 Å². The topological polar surface area (TPSA) is 102 Å². The van der Waals surface area contributed by atoms with Gasteiger partial charge in [-0.2, -0.15) is 25.3 Å². The number of hydrogen-bond donors (Lipinski definition) is 2. The van der Waals surface area contributed by atoms with E-state index in [1.165, 1.54) is 0 Å². The molecule has 0 amide bonds. The molecule has 0 saturated heterocycles. The quantitative estimate of drug-likeness (QED) is 0.0846. The molecule has 0 aliphatic heterocycles. The van der Waals surface area contributed by atoms with Crippen molar-refractivity contribution < 1.29 is 52.1 Å². The van der Waals surface area contributed by atoms with E-state index < -0.39 is 0 Å². The minimum atomic E-state index is 0.520. The summed E-state index contributed by atoms with van der Waals surface area (Å²) < 4.78 is 59.3. The highest BCUT2D eigenvalue weighted by Crippen LogP contribution is 1.87. The Hall–Kier alpha value is 0.260. The van der Waals surface area contributed by atoms with Crippen LogP contribution in [0, 0.1) is 0 Å². The van der Waals surface area contributed by atoms with E-state index in [0.29, 0.717) is 145 Å². The minimum absolute atomic E-state index is 0.520. The Morgan fingerprint density at radius 3 is 0.405 bits per heavy atom. The first kappa shape index (κ1) is 37.3. The molecule has 0 atom stereocenters. The molecule has 37 heavy (non-hydrogen) atoms. The Morgan fingerprint density at radius 2 is 0.297 bits per heavy atom. The summed E-state index contributed by atoms with van der Waals surface area (Å²) in [5.74, 6) is 1.44. The van der Waals surface area contributed by atoms with Gasteiger partial charge in [0.05, 0.1) is 145 Å². The third kappa shape index (κ3) is 36.3. The van der Waals surface area contributed by atoms with Gasteiger partial charge in [-0.15, -0.1) is 0 Å². The van der Waals surface area contributed by atoms with Crippen LogP contribution >= 0.6 is 25.3 Å². The van der Waals surface area contributed by atoms with Gasteiger partial charge in [-0.25, -0.2) is 0 Å². The standard InChI is InChI=1S/C24H50O11S2/c36-23-21-34-19-17-32-15-13-30-11-9-28-7-5-26-3-1-25-2-4-27-6-8-29-10-12-31-14-16-33-18-20-35-22-24-37/h36-37H,1-24H2. The second-order valence-corrected chi connectivity index (χ2v) is 8.08. The summed E-state index contributed by atoms with van der Waals surface area (Å²) in [6.07, 6.45) is 0. The van der Waals surface area contributed by atoms with Gasteiger partial charge in [0.25, 0.3) is 0 Å². The van der Waals surface area contributed by atoms with Crippen molar-refractivity contribution in [2.75, 3.05) is 157 Å². The van der Waals surface area contributed by atoms with E-state index in [-0.39, 0.29) is 0 Å². The predicted octanol–water partition coefficient (Wildman–Crippen LogP) is 1.03. The lowest BCUT2D eigenvalue weighted by Crippen LogP contribution is -2.15.